The summed E-state index contributed by atoms with van der Waals surface area (Å²) in [5.41, 5.74) is 0. The van der Waals surface area contributed by atoms with Gasteiger partial charge in [-0.25, -0.2) is 4.57 Å². The lowest BCUT2D eigenvalue weighted by Gasteiger charge is -2.10. The number of alkyl halides is 1. The van der Waals surface area contributed by atoms with Crippen LogP contribution in [0.3, 0.4) is 0 Å². The van der Waals surface area contributed by atoms with Crippen LogP contribution in [0, 0.1) is 10.1 Å². The topological polar surface area (TPSA) is 90.4 Å². The highest BCUT2D eigenvalue weighted by Crippen LogP contribution is 2.31. The number of aliphatic hydroxyl groups excluding tert-OH is 1. The molecule has 8 heteroatoms. The van der Waals surface area contributed by atoms with Gasteiger partial charge in [0.25, 0.3) is 0 Å². The van der Waals surface area contributed by atoms with Gasteiger partial charge in [0.1, 0.15) is 12.4 Å². The van der Waals surface area contributed by atoms with Gasteiger partial charge in [0.2, 0.25) is 0 Å². The van der Waals surface area contributed by atoms with Crippen molar-refractivity contribution in [2.24, 2.45) is 0 Å². The largest absolute Gasteiger partial charge is 0.436 e. The van der Waals surface area contributed by atoms with Gasteiger partial charge in [-0.2, -0.15) is 0 Å². The van der Waals surface area contributed by atoms with E-state index in [2.05, 4.69) is 20.9 Å². The third-order valence-electron chi connectivity index (χ3n) is 2.48. The molecule has 88 valence electrons. The summed E-state index contributed by atoms with van der Waals surface area (Å²) in [6, 6.07) is 0. The zero-order valence-corrected chi connectivity index (χ0v) is 9.78. The Hall–Kier alpha value is -0.990. The molecule has 0 bridgehead atoms. The van der Waals surface area contributed by atoms with Crippen LogP contribution >= 0.6 is 15.9 Å². The quantitative estimate of drug-likeness (QED) is 0.506. The second kappa shape index (κ2) is 4.48. The van der Waals surface area contributed by atoms with Gasteiger partial charge in [-0.3, -0.25) is 0 Å². The van der Waals surface area contributed by atoms with Crippen molar-refractivity contribution in [3.05, 3.63) is 22.5 Å². The molecule has 1 aromatic rings. The van der Waals surface area contributed by atoms with Crippen LogP contribution in [0.1, 0.15) is 12.6 Å². The molecule has 16 heavy (non-hydrogen) atoms. The van der Waals surface area contributed by atoms with E-state index in [0.29, 0.717) is 11.8 Å². The Morgan fingerprint density at radius 3 is 3.12 bits per heavy atom. The molecule has 1 aliphatic rings. The van der Waals surface area contributed by atoms with Crippen LogP contribution in [0.25, 0.3) is 0 Å². The predicted octanol–water partition coefficient (Wildman–Crippen LogP) is 0.835. The van der Waals surface area contributed by atoms with Gasteiger partial charge in [-0.15, -0.1) is 0 Å². The third kappa shape index (κ3) is 1.95. The number of hydrogen-bond donors (Lipinski definition) is 1. The number of halogens is 1. The molecule has 0 aromatic carbocycles. The number of imidazole rings is 1. The lowest BCUT2D eigenvalue weighted by molar-refractivity contribution is -0.398. The lowest BCUT2D eigenvalue weighted by Crippen LogP contribution is -2.21. The molecule has 1 saturated heterocycles. The van der Waals surface area contributed by atoms with E-state index in [1.807, 2.05) is 0 Å². The minimum atomic E-state index is -0.619. The number of aromatic nitrogens is 2. The Morgan fingerprint density at radius 2 is 2.56 bits per heavy atom. The minimum absolute atomic E-state index is 0.271. The summed E-state index contributed by atoms with van der Waals surface area (Å²) in [6.07, 6.45) is 1.66. The number of rotatable bonds is 3. The molecule has 0 radical (unpaired) electrons. The fourth-order valence-electron chi connectivity index (χ4n) is 1.70. The first-order valence-electron chi connectivity index (χ1n) is 4.70. The zero-order chi connectivity index (χ0) is 11.7. The fraction of sp³-hybridized carbons (Fsp3) is 0.625. The molecule has 2 rings (SSSR count). The van der Waals surface area contributed by atoms with Gasteiger partial charge >= 0.3 is 5.95 Å². The van der Waals surface area contributed by atoms with Crippen LogP contribution in [0.4, 0.5) is 5.95 Å². The van der Waals surface area contributed by atoms with Gasteiger partial charge in [0.05, 0.1) is 12.2 Å². The van der Waals surface area contributed by atoms with E-state index >= 15 is 0 Å². The predicted molar refractivity (Wildman–Crippen MR) is 57.2 cm³/mol. The van der Waals surface area contributed by atoms with Gasteiger partial charge in [-0.05, 0) is 4.92 Å². The molecule has 0 aliphatic carbocycles. The molecule has 1 aliphatic heterocycles. The Balaban J connectivity index is 2.20. The normalized spacial score (nSPS) is 29.5. The molecule has 1 fully saturated rings. The number of hydrogen-bond acceptors (Lipinski definition) is 5. The SMILES string of the molecule is O=[N+]([O-])c1nccn1[C@H]1C[C@H](O)[C@@H](CBr)O1. The van der Waals surface area contributed by atoms with E-state index in [1.165, 1.54) is 17.0 Å². The monoisotopic (exact) mass is 291 g/mol. The van der Waals surface area contributed by atoms with E-state index in [-0.39, 0.29) is 12.1 Å². The Kier molecular flexibility index (Phi) is 3.22. The molecule has 2 heterocycles. The van der Waals surface area contributed by atoms with Crippen molar-refractivity contribution in [2.75, 3.05) is 5.33 Å². The molecule has 0 saturated carbocycles. The maximum absolute atomic E-state index is 10.7. The standard InChI is InChI=1S/C8H10BrN3O4/c9-4-6-5(13)3-7(16-6)11-2-1-10-8(11)12(14)15/h1-2,5-7,13H,3-4H2/t5-,6+,7+/m0/s1. The van der Waals surface area contributed by atoms with E-state index < -0.39 is 17.3 Å². The minimum Gasteiger partial charge on any atom is -0.390 e. The maximum Gasteiger partial charge on any atom is 0.436 e. The molecule has 1 N–H and O–H groups in total. The molecule has 0 amide bonds. The van der Waals surface area contributed by atoms with Crippen molar-refractivity contribution < 1.29 is 14.8 Å². The molecule has 7 nitrogen and oxygen atoms in total. The van der Waals surface area contributed by atoms with E-state index in [1.54, 1.807) is 0 Å². The van der Waals surface area contributed by atoms with Crippen molar-refractivity contribution in [3.63, 3.8) is 0 Å². The Morgan fingerprint density at radius 1 is 1.81 bits per heavy atom. The zero-order valence-electron chi connectivity index (χ0n) is 8.19. The second-order valence-electron chi connectivity index (χ2n) is 3.48. The summed E-state index contributed by atoms with van der Waals surface area (Å²) in [4.78, 5) is 13.7. The highest BCUT2D eigenvalue weighted by molar-refractivity contribution is 9.09. The molecule has 3 atom stereocenters. The highest BCUT2D eigenvalue weighted by Gasteiger charge is 2.38. The van der Waals surface area contributed by atoms with Crippen LogP contribution in [-0.4, -0.2) is 37.1 Å². The average Bonchev–Trinajstić information content (AvgIpc) is 2.82. The van der Waals surface area contributed by atoms with Crippen LogP contribution in [-0.2, 0) is 4.74 Å². The van der Waals surface area contributed by atoms with Crippen LogP contribution < -0.4 is 0 Å². The van der Waals surface area contributed by atoms with Crippen molar-refractivity contribution >= 4 is 21.9 Å². The molecular weight excluding hydrogens is 282 g/mol. The summed E-state index contributed by atoms with van der Waals surface area (Å²) in [6.45, 7) is 0. The second-order valence-corrected chi connectivity index (χ2v) is 4.13. The summed E-state index contributed by atoms with van der Waals surface area (Å²) >= 11 is 3.21. The highest BCUT2D eigenvalue weighted by atomic mass is 79.9. The lowest BCUT2D eigenvalue weighted by atomic mass is 10.2. The number of aliphatic hydroxyl groups is 1. The smallest absolute Gasteiger partial charge is 0.390 e. The van der Waals surface area contributed by atoms with Gasteiger partial charge < -0.3 is 20.0 Å². The first-order valence-corrected chi connectivity index (χ1v) is 5.82. The molecule has 0 spiro atoms. The Labute approximate surface area is 99.3 Å². The van der Waals surface area contributed by atoms with Crippen molar-refractivity contribution in [2.45, 2.75) is 24.9 Å². The molecular formula is C8H10BrN3O4. The van der Waals surface area contributed by atoms with E-state index in [0.717, 1.165) is 0 Å². The van der Waals surface area contributed by atoms with Crippen molar-refractivity contribution in [1.82, 2.24) is 9.55 Å². The number of nitrogens with zero attached hydrogens (tertiary/aromatic N) is 3. The summed E-state index contributed by atoms with van der Waals surface area (Å²) in [5, 5.41) is 20.8. The molecule has 1 aromatic heterocycles. The van der Waals surface area contributed by atoms with Gasteiger partial charge in [0.15, 0.2) is 6.23 Å². The van der Waals surface area contributed by atoms with Crippen LogP contribution in [0.5, 0.6) is 0 Å². The summed E-state index contributed by atoms with van der Waals surface area (Å²) in [5.74, 6) is -0.271. The van der Waals surface area contributed by atoms with Crippen LogP contribution in [0.2, 0.25) is 0 Å². The number of nitro groups is 1. The van der Waals surface area contributed by atoms with Gasteiger partial charge in [-0.1, -0.05) is 20.9 Å². The first-order chi connectivity index (χ1) is 7.63. The van der Waals surface area contributed by atoms with Gasteiger partial charge in [0, 0.05) is 11.8 Å². The van der Waals surface area contributed by atoms with Crippen LogP contribution in [0.15, 0.2) is 12.4 Å². The maximum atomic E-state index is 10.7. The number of ether oxygens (including phenoxy) is 1. The summed E-state index contributed by atoms with van der Waals surface area (Å²) in [7, 11) is 0. The van der Waals surface area contributed by atoms with Crippen molar-refractivity contribution in [3.8, 4) is 0 Å². The Bertz CT molecular complexity index is 396. The van der Waals surface area contributed by atoms with E-state index in [4.69, 9.17) is 4.74 Å². The first kappa shape index (κ1) is 11.5. The molecule has 0 unspecified atom stereocenters. The third-order valence-corrected chi connectivity index (χ3v) is 3.12. The summed E-state index contributed by atoms with van der Waals surface area (Å²) < 4.78 is 6.80. The van der Waals surface area contributed by atoms with E-state index in [9.17, 15) is 15.2 Å². The van der Waals surface area contributed by atoms with Crippen molar-refractivity contribution in [1.29, 1.82) is 0 Å². The fourth-order valence-corrected chi connectivity index (χ4v) is 2.28. The average molecular weight is 292 g/mol.